The predicted octanol–water partition coefficient (Wildman–Crippen LogP) is 10.1. The van der Waals surface area contributed by atoms with E-state index < -0.39 is 28.8 Å². The zero-order valence-corrected chi connectivity index (χ0v) is 38.7. The zero-order chi connectivity index (χ0) is 48.0. The van der Waals surface area contributed by atoms with Crippen molar-refractivity contribution in [1.82, 2.24) is 4.90 Å². The molecule has 360 valence electrons. The molecule has 0 spiro atoms. The molecule has 2 N–H and O–H groups in total. The van der Waals surface area contributed by atoms with Crippen LogP contribution in [0.15, 0.2) is 120 Å². The number of carbonyl (C=O) groups is 2. The molecule has 7 rings (SSSR count). The third-order valence-electron chi connectivity index (χ3n) is 13.0. The van der Waals surface area contributed by atoms with Gasteiger partial charge in [0.25, 0.3) is 5.69 Å². The van der Waals surface area contributed by atoms with Crippen molar-refractivity contribution in [3.05, 3.63) is 148 Å². The number of fused-ring (bicyclic) bond motifs is 2. The Bertz CT molecular complexity index is 2420. The summed E-state index contributed by atoms with van der Waals surface area (Å²) in [6.45, 7) is 6.53. The highest BCUT2D eigenvalue weighted by Gasteiger charge is 2.65. The first-order valence-corrected chi connectivity index (χ1v) is 23.4. The summed E-state index contributed by atoms with van der Waals surface area (Å²) in [7, 11) is 1.50. The van der Waals surface area contributed by atoms with Gasteiger partial charge in [0.1, 0.15) is 42.3 Å². The standard InChI is InChI=1S/C53H61N3O12/c1-4-25-55(52(60)64-34-36-13-7-6-8-14-36)49-32-46(54-66-35-37-17-19-40(20-18-37)56(61)62)44-30-38(15-9-11-26-57)43(16-10-12-27-58)50-45-31-42(67-41-21-23-47(63-3)39(29-41)33-59)22-24-48(45)68-53(49,51(44)50)65-28-5-2/h5-8,13-14,17-24,29-31,33,38,43,49-51,57-58H,2,4,9-12,15-16,25-28,32,34-35H2,1,3H3. The summed E-state index contributed by atoms with van der Waals surface area (Å²) < 4.78 is 32.3. The maximum Gasteiger partial charge on any atom is 0.410 e. The van der Waals surface area contributed by atoms with Crippen molar-refractivity contribution in [1.29, 1.82) is 0 Å². The summed E-state index contributed by atoms with van der Waals surface area (Å²) in [5.74, 6) is -0.627. The molecule has 2 aliphatic carbocycles. The molecule has 1 amide bonds. The first kappa shape index (κ1) is 49.4. The highest BCUT2D eigenvalue weighted by Crippen LogP contribution is 2.62. The molecule has 1 saturated carbocycles. The van der Waals surface area contributed by atoms with Crippen molar-refractivity contribution < 1.29 is 53.2 Å². The van der Waals surface area contributed by atoms with Crippen molar-refractivity contribution >= 4 is 23.8 Å². The van der Waals surface area contributed by atoms with E-state index in [0.717, 1.165) is 42.4 Å². The minimum Gasteiger partial charge on any atom is -0.496 e. The lowest BCUT2D eigenvalue weighted by atomic mass is 9.55. The molecule has 4 aromatic rings. The third kappa shape index (κ3) is 11.1. The molecule has 0 bridgehead atoms. The molecule has 15 nitrogen and oxygen atoms in total. The first-order chi connectivity index (χ1) is 33.2. The molecule has 1 fully saturated rings. The highest BCUT2D eigenvalue weighted by molar-refractivity contribution is 6.03. The van der Waals surface area contributed by atoms with E-state index in [9.17, 15) is 29.9 Å². The van der Waals surface area contributed by atoms with Gasteiger partial charge in [0.05, 0.1) is 35.8 Å². The Kier molecular flexibility index (Phi) is 17.0. The van der Waals surface area contributed by atoms with Gasteiger partial charge in [-0.3, -0.25) is 19.8 Å². The third-order valence-corrected chi connectivity index (χ3v) is 13.0. The number of nitro groups is 1. The zero-order valence-electron chi connectivity index (χ0n) is 38.7. The summed E-state index contributed by atoms with van der Waals surface area (Å²) in [6.07, 6.45) is 8.98. The summed E-state index contributed by atoms with van der Waals surface area (Å²) in [6, 6.07) is 25.4. The van der Waals surface area contributed by atoms with Crippen LogP contribution in [0.3, 0.4) is 0 Å². The lowest BCUT2D eigenvalue weighted by Crippen LogP contribution is -2.70. The smallest absolute Gasteiger partial charge is 0.410 e. The molecule has 0 aromatic heterocycles. The average Bonchev–Trinajstić information content (AvgIpc) is 3.36. The topological polar surface area (TPSA) is 189 Å². The van der Waals surface area contributed by atoms with Crippen LogP contribution in [0.25, 0.3) is 0 Å². The molecule has 4 aromatic carbocycles. The average molecular weight is 932 g/mol. The number of aliphatic hydroxyl groups excluding tert-OH is 2. The van der Waals surface area contributed by atoms with Gasteiger partial charge in [-0.05, 0) is 109 Å². The van der Waals surface area contributed by atoms with Gasteiger partial charge in [-0.2, -0.15) is 0 Å². The van der Waals surface area contributed by atoms with Crippen LogP contribution in [0.1, 0.15) is 91.3 Å². The van der Waals surface area contributed by atoms with E-state index in [1.165, 1.54) is 19.2 Å². The second-order valence-electron chi connectivity index (χ2n) is 17.3. The molecular formula is C53H61N3O12. The quantitative estimate of drug-likeness (QED) is 0.0223. The number of non-ortho nitro benzene ring substituents is 1. The lowest BCUT2D eigenvalue weighted by Gasteiger charge is -2.59. The number of allylic oxidation sites excluding steroid dienone is 1. The normalized spacial score (nSPS) is 21.9. The number of nitrogens with zero attached hydrogens (tertiary/aromatic N) is 3. The maximum atomic E-state index is 14.7. The number of rotatable bonds is 24. The van der Waals surface area contributed by atoms with E-state index in [1.807, 2.05) is 49.4 Å². The Morgan fingerprint density at radius 2 is 1.68 bits per heavy atom. The van der Waals surface area contributed by atoms with Crippen LogP contribution < -0.4 is 14.2 Å². The number of carbonyl (C=O) groups excluding carboxylic acids is 2. The number of oxime groups is 1. The second kappa shape index (κ2) is 23.5. The van der Waals surface area contributed by atoms with Gasteiger partial charge in [0.2, 0.25) is 5.79 Å². The summed E-state index contributed by atoms with van der Waals surface area (Å²) >= 11 is 0. The molecule has 6 unspecified atom stereocenters. The summed E-state index contributed by atoms with van der Waals surface area (Å²) in [4.78, 5) is 45.4. The molecule has 0 radical (unpaired) electrons. The Morgan fingerprint density at radius 1 is 0.956 bits per heavy atom. The molecular weight excluding hydrogens is 871 g/mol. The number of methoxy groups -OCH3 is 1. The monoisotopic (exact) mass is 931 g/mol. The van der Waals surface area contributed by atoms with E-state index in [4.69, 9.17) is 33.7 Å². The molecule has 1 heterocycles. The molecule has 68 heavy (non-hydrogen) atoms. The number of ether oxygens (including phenoxy) is 5. The Hall–Kier alpha value is -6.55. The van der Waals surface area contributed by atoms with E-state index >= 15 is 0 Å². The number of nitro benzene ring substituents is 1. The maximum absolute atomic E-state index is 14.7. The van der Waals surface area contributed by atoms with Crippen molar-refractivity contribution in [3.63, 3.8) is 0 Å². The lowest BCUT2D eigenvalue weighted by molar-refractivity contribution is -0.384. The number of hydrogen-bond acceptors (Lipinski definition) is 13. The van der Waals surface area contributed by atoms with Crippen LogP contribution in [0.2, 0.25) is 0 Å². The summed E-state index contributed by atoms with van der Waals surface area (Å²) in [5, 5.41) is 36.3. The fourth-order valence-corrected chi connectivity index (χ4v) is 10.0. The van der Waals surface area contributed by atoms with Crippen molar-refractivity contribution in [2.24, 2.45) is 22.9 Å². The number of unbranched alkanes of at least 4 members (excludes halogenated alkanes) is 2. The number of aliphatic hydroxyl groups is 2. The fourth-order valence-electron chi connectivity index (χ4n) is 10.0. The van der Waals surface area contributed by atoms with E-state index in [2.05, 4.69) is 12.7 Å². The number of hydrogen-bond donors (Lipinski definition) is 2. The molecule has 1 aliphatic heterocycles. The Labute approximate surface area is 397 Å². The Balaban J connectivity index is 1.41. The SMILES string of the molecule is C=CCOC12Oc3ccc(Oc4ccc(OC)c(C=O)c4)cc3C3C(CCCCO)C(CCCCO)C=C(C(=NOCc4ccc([N+](=O)[O-])cc4)CC1N(CCC)C(=O)OCc1ccccc1)C32. The number of amides is 1. The van der Waals surface area contributed by atoms with Crippen LogP contribution in [0, 0.1) is 27.9 Å². The van der Waals surface area contributed by atoms with Gasteiger partial charge in [0, 0.05) is 49.8 Å². The van der Waals surface area contributed by atoms with Gasteiger partial charge >= 0.3 is 6.09 Å². The van der Waals surface area contributed by atoms with E-state index in [-0.39, 0.29) is 62.9 Å². The largest absolute Gasteiger partial charge is 0.496 e. The van der Waals surface area contributed by atoms with Crippen LogP contribution in [-0.2, 0) is 27.5 Å². The van der Waals surface area contributed by atoms with E-state index in [1.54, 1.807) is 47.4 Å². The van der Waals surface area contributed by atoms with Crippen LogP contribution >= 0.6 is 0 Å². The van der Waals surface area contributed by atoms with Gasteiger partial charge < -0.3 is 38.7 Å². The van der Waals surface area contributed by atoms with Crippen molar-refractivity contribution in [2.75, 3.05) is 33.5 Å². The van der Waals surface area contributed by atoms with Crippen LogP contribution in [0.4, 0.5) is 10.5 Å². The van der Waals surface area contributed by atoms with Crippen molar-refractivity contribution in [2.45, 2.75) is 89.3 Å². The molecule has 6 atom stereocenters. The Morgan fingerprint density at radius 3 is 2.37 bits per heavy atom. The highest BCUT2D eigenvalue weighted by atomic mass is 16.7. The van der Waals surface area contributed by atoms with E-state index in [0.29, 0.717) is 71.9 Å². The predicted molar refractivity (Wildman–Crippen MR) is 255 cm³/mol. The minimum atomic E-state index is -1.52. The van der Waals surface area contributed by atoms with Gasteiger partial charge in [0.15, 0.2) is 6.29 Å². The fraction of sp³-hybridized carbons (Fsp3) is 0.415. The van der Waals surface area contributed by atoms with Crippen molar-refractivity contribution in [3.8, 4) is 23.0 Å². The second-order valence-corrected chi connectivity index (χ2v) is 17.3. The first-order valence-electron chi connectivity index (χ1n) is 23.4. The van der Waals surface area contributed by atoms with Gasteiger partial charge in [-0.1, -0.05) is 67.4 Å². The summed E-state index contributed by atoms with van der Waals surface area (Å²) in [5.41, 5.74) is 4.07. The van der Waals surface area contributed by atoms with Crippen LogP contribution in [-0.4, -0.2) is 83.4 Å². The molecule has 0 saturated heterocycles. The molecule has 15 heteroatoms. The molecule has 3 aliphatic rings. The van der Waals surface area contributed by atoms with Gasteiger partial charge in [-0.15, -0.1) is 6.58 Å². The number of benzene rings is 4. The number of aldehydes is 1. The van der Waals surface area contributed by atoms with Crippen LogP contribution in [0.5, 0.6) is 23.0 Å². The van der Waals surface area contributed by atoms with Gasteiger partial charge in [-0.25, -0.2) is 4.79 Å². The minimum absolute atomic E-state index is 0.0182.